The highest BCUT2D eigenvalue weighted by Gasteiger charge is 2.02. The van der Waals surface area contributed by atoms with Crippen molar-refractivity contribution >= 4 is 35.1 Å². The van der Waals surface area contributed by atoms with Gasteiger partial charge in [-0.25, -0.2) is 0 Å². The highest BCUT2D eigenvalue weighted by atomic mass is 35.5. The van der Waals surface area contributed by atoms with Gasteiger partial charge >= 0.3 is 0 Å². The maximum atomic E-state index is 6.14. The lowest BCUT2D eigenvalue weighted by Crippen LogP contribution is -1.96. The van der Waals surface area contributed by atoms with Crippen molar-refractivity contribution in [3.63, 3.8) is 0 Å². The van der Waals surface area contributed by atoms with Gasteiger partial charge in [-0.05, 0) is 54.1 Å². The summed E-state index contributed by atoms with van der Waals surface area (Å²) < 4.78 is 5.75. The number of nitrogens with one attached hydrogen (secondary N) is 1. The third kappa shape index (κ3) is 5.24. The van der Waals surface area contributed by atoms with Crippen LogP contribution in [0.4, 0.5) is 5.69 Å². The fourth-order valence-electron chi connectivity index (χ4n) is 2.14. The summed E-state index contributed by atoms with van der Waals surface area (Å²) in [4.78, 5) is 0. The maximum Gasteiger partial charge on any atom is 0.119 e. The van der Waals surface area contributed by atoms with Gasteiger partial charge in [-0.3, -0.25) is 5.43 Å². The fourth-order valence-corrected chi connectivity index (χ4v) is 2.61. The molecule has 0 aliphatic rings. The van der Waals surface area contributed by atoms with Crippen LogP contribution in [0.15, 0.2) is 77.9 Å². The van der Waals surface area contributed by atoms with Crippen molar-refractivity contribution in [2.24, 2.45) is 5.10 Å². The van der Waals surface area contributed by atoms with E-state index in [-0.39, 0.29) is 0 Å². The van der Waals surface area contributed by atoms with E-state index in [1.165, 1.54) is 0 Å². The number of anilines is 1. The summed E-state index contributed by atoms with van der Waals surface area (Å²) in [6, 6.07) is 22.8. The predicted molar refractivity (Wildman–Crippen MR) is 105 cm³/mol. The van der Waals surface area contributed by atoms with Gasteiger partial charge in [0.25, 0.3) is 0 Å². The molecule has 3 aromatic rings. The van der Waals surface area contributed by atoms with Crippen LogP contribution in [-0.2, 0) is 6.61 Å². The van der Waals surface area contributed by atoms with E-state index in [4.69, 9.17) is 27.9 Å². The Kier molecular flexibility index (Phi) is 5.94. The van der Waals surface area contributed by atoms with E-state index in [9.17, 15) is 0 Å². The van der Waals surface area contributed by atoms with Crippen molar-refractivity contribution in [1.29, 1.82) is 0 Å². The second kappa shape index (κ2) is 8.56. The van der Waals surface area contributed by atoms with Crippen LogP contribution in [0.3, 0.4) is 0 Å². The Balaban J connectivity index is 1.55. The maximum absolute atomic E-state index is 6.14. The van der Waals surface area contributed by atoms with Crippen molar-refractivity contribution in [2.45, 2.75) is 6.61 Å². The summed E-state index contributed by atoms with van der Waals surface area (Å²) in [6.07, 6.45) is 1.76. The smallest absolute Gasteiger partial charge is 0.119 e. The molecule has 0 bridgehead atoms. The SMILES string of the molecule is Clc1ccc(COc2ccc(/C=N/Nc3ccccc3)cc2)c(Cl)c1. The summed E-state index contributed by atoms with van der Waals surface area (Å²) >= 11 is 12.0. The van der Waals surface area contributed by atoms with Crippen molar-refractivity contribution < 1.29 is 4.74 Å². The molecule has 0 fully saturated rings. The van der Waals surface area contributed by atoms with Gasteiger partial charge in [0.05, 0.1) is 11.9 Å². The molecule has 3 nitrogen and oxygen atoms in total. The molecule has 3 rings (SSSR count). The molecule has 0 heterocycles. The molecule has 0 saturated heterocycles. The van der Waals surface area contributed by atoms with Gasteiger partial charge in [-0.2, -0.15) is 5.10 Å². The van der Waals surface area contributed by atoms with Crippen molar-refractivity contribution in [3.8, 4) is 5.75 Å². The van der Waals surface area contributed by atoms with Crippen LogP contribution < -0.4 is 10.2 Å². The van der Waals surface area contributed by atoms with Gasteiger partial charge in [0.2, 0.25) is 0 Å². The number of ether oxygens (including phenoxy) is 1. The number of rotatable bonds is 6. The van der Waals surface area contributed by atoms with E-state index in [0.717, 1.165) is 22.6 Å². The number of hydrogen-bond acceptors (Lipinski definition) is 3. The first-order valence-electron chi connectivity index (χ1n) is 7.71. The van der Waals surface area contributed by atoms with Crippen molar-refractivity contribution in [2.75, 3.05) is 5.43 Å². The first kappa shape index (κ1) is 17.3. The van der Waals surface area contributed by atoms with Gasteiger partial charge in [-0.15, -0.1) is 0 Å². The van der Waals surface area contributed by atoms with Gasteiger partial charge in [0.15, 0.2) is 0 Å². The normalized spacial score (nSPS) is 10.8. The van der Waals surface area contributed by atoms with E-state index < -0.39 is 0 Å². The Labute approximate surface area is 156 Å². The van der Waals surface area contributed by atoms with Crippen LogP contribution >= 0.6 is 23.2 Å². The van der Waals surface area contributed by atoms with E-state index in [0.29, 0.717) is 16.7 Å². The summed E-state index contributed by atoms with van der Waals surface area (Å²) in [5, 5.41) is 5.42. The molecule has 0 saturated carbocycles. The molecular formula is C20H16Cl2N2O. The average Bonchev–Trinajstić information content (AvgIpc) is 2.63. The van der Waals surface area contributed by atoms with E-state index in [2.05, 4.69) is 10.5 Å². The fraction of sp³-hybridized carbons (Fsp3) is 0.0500. The summed E-state index contributed by atoms with van der Waals surface area (Å²) in [5.74, 6) is 0.763. The zero-order valence-electron chi connectivity index (χ0n) is 13.3. The quantitative estimate of drug-likeness (QED) is 0.425. The molecule has 0 amide bonds. The lowest BCUT2D eigenvalue weighted by atomic mass is 10.2. The monoisotopic (exact) mass is 370 g/mol. The standard InChI is InChI=1S/C20H16Cl2N2O/c21-17-9-8-16(20(22)12-17)14-25-19-10-6-15(7-11-19)13-23-24-18-4-2-1-3-5-18/h1-13,24H,14H2/b23-13+. The number of halogens is 2. The Morgan fingerprint density at radius 1 is 0.920 bits per heavy atom. The van der Waals surface area contributed by atoms with Crippen LogP contribution in [0, 0.1) is 0 Å². The molecule has 0 atom stereocenters. The summed E-state index contributed by atoms with van der Waals surface area (Å²) in [5.41, 5.74) is 5.79. The minimum Gasteiger partial charge on any atom is -0.489 e. The zero-order chi connectivity index (χ0) is 17.5. The van der Waals surface area contributed by atoms with Crippen LogP contribution in [0.2, 0.25) is 10.0 Å². The Bertz CT molecular complexity index is 849. The molecule has 0 spiro atoms. The lowest BCUT2D eigenvalue weighted by Gasteiger charge is -2.08. The average molecular weight is 371 g/mol. The van der Waals surface area contributed by atoms with E-state index in [1.807, 2.05) is 60.7 Å². The topological polar surface area (TPSA) is 33.6 Å². The van der Waals surface area contributed by atoms with E-state index in [1.54, 1.807) is 18.3 Å². The minimum absolute atomic E-state index is 0.388. The van der Waals surface area contributed by atoms with Gasteiger partial charge in [0, 0.05) is 15.6 Å². The number of benzene rings is 3. The summed E-state index contributed by atoms with van der Waals surface area (Å²) in [7, 11) is 0. The highest BCUT2D eigenvalue weighted by molar-refractivity contribution is 6.35. The third-order valence-electron chi connectivity index (χ3n) is 3.47. The molecule has 1 N–H and O–H groups in total. The first-order valence-corrected chi connectivity index (χ1v) is 8.47. The second-order valence-corrected chi connectivity index (χ2v) is 6.17. The molecule has 25 heavy (non-hydrogen) atoms. The van der Waals surface area contributed by atoms with Crippen molar-refractivity contribution in [3.05, 3.63) is 94.0 Å². The largest absolute Gasteiger partial charge is 0.489 e. The number of nitrogens with zero attached hydrogens (tertiary/aromatic N) is 1. The Hall–Kier alpha value is -2.49. The molecular weight excluding hydrogens is 355 g/mol. The zero-order valence-corrected chi connectivity index (χ0v) is 14.8. The van der Waals surface area contributed by atoms with Crippen molar-refractivity contribution in [1.82, 2.24) is 0 Å². The molecule has 0 unspecified atom stereocenters. The van der Waals surface area contributed by atoms with Gasteiger partial charge < -0.3 is 4.74 Å². The van der Waals surface area contributed by atoms with Crippen LogP contribution in [0.25, 0.3) is 0 Å². The molecule has 0 aliphatic heterocycles. The molecule has 3 aromatic carbocycles. The molecule has 5 heteroatoms. The van der Waals surface area contributed by atoms with E-state index >= 15 is 0 Å². The Morgan fingerprint density at radius 3 is 2.40 bits per heavy atom. The predicted octanol–water partition coefficient (Wildman–Crippen LogP) is 6.02. The third-order valence-corrected chi connectivity index (χ3v) is 4.06. The summed E-state index contributed by atoms with van der Waals surface area (Å²) in [6.45, 7) is 0.388. The Morgan fingerprint density at radius 2 is 1.68 bits per heavy atom. The minimum atomic E-state index is 0.388. The lowest BCUT2D eigenvalue weighted by molar-refractivity contribution is 0.306. The molecule has 0 aliphatic carbocycles. The number of hydrazone groups is 1. The van der Waals surface area contributed by atoms with Gasteiger partial charge in [0.1, 0.15) is 12.4 Å². The molecule has 0 aromatic heterocycles. The van der Waals surface area contributed by atoms with Gasteiger partial charge in [-0.1, -0.05) is 47.5 Å². The number of hydrogen-bond donors (Lipinski definition) is 1. The molecule has 126 valence electrons. The number of para-hydroxylation sites is 1. The van der Waals surface area contributed by atoms with Crippen LogP contribution in [0.5, 0.6) is 5.75 Å². The highest BCUT2D eigenvalue weighted by Crippen LogP contribution is 2.22. The van der Waals surface area contributed by atoms with Crippen LogP contribution in [-0.4, -0.2) is 6.21 Å². The van der Waals surface area contributed by atoms with Crippen LogP contribution in [0.1, 0.15) is 11.1 Å². The first-order chi connectivity index (χ1) is 12.2. The molecule has 0 radical (unpaired) electrons. The second-order valence-electron chi connectivity index (χ2n) is 5.33.